The largest absolute Gasteiger partial charge is 0.495 e. The first kappa shape index (κ1) is 22.8. The van der Waals surface area contributed by atoms with Crippen LogP contribution in [0, 0.1) is 0 Å². The van der Waals surface area contributed by atoms with E-state index < -0.39 is 15.9 Å². The van der Waals surface area contributed by atoms with E-state index in [1.165, 1.54) is 51.7 Å². The average molecular weight is 443 g/mol. The van der Waals surface area contributed by atoms with Gasteiger partial charge in [0.25, 0.3) is 5.91 Å². The van der Waals surface area contributed by atoms with E-state index in [0.717, 1.165) is 0 Å². The van der Waals surface area contributed by atoms with Gasteiger partial charge < -0.3 is 19.5 Å². The van der Waals surface area contributed by atoms with Gasteiger partial charge in [-0.25, -0.2) is 13.1 Å². The molecule has 8 nitrogen and oxygen atoms in total. The van der Waals surface area contributed by atoms with Crippen molar-refractivity contribution in [3.63, 3.8) is 0 Å². The quantitative estimate of drug-likeness (QED) is 0.650. The van der Waals surface area contributed by atoms with Gasteiger partial charge in [0.1, 0.15) is 22.1 Å². The molecule has 2 aromatic carbocycles. The van der Waals surface area contributed by atoms with Gasteiger partial charge in [-0.1, -0.05) is 11.6 Å². The maximum atomic E-state index is 12.8. The lowest BCUT2D eigenvalue weighted by molar-refractivity contribution is 0.102. The Kier molecular flexibility index (Phi) is 7.34. The molecule has 0 aliphatic heterocycles. The summed E-state index contributed by atoms with van der Waals surface area (Å²) in [7, 11) is 0.378. The highest BCUT2D eigenvalue weighted by Gasteiger charge is 2.23. The third-order valence-corrected chi connectivity index (χ3v) is 5.80. The summed E-state index contributed by atoms with van der Waals surface area (Å²) in [5.74, 6) is 0.300. The summed E-state index contributed by atoms with van der Waals surface area (Å²) in [6, 6.07) is 6.82. The van der Waals surface area contributed by atoms with Crippen LogP contribution in [0.15, 0.2) is 35.2 Å². The number of benzene rings is 2. The Morgan fingerprint density at radius 1 is 0.966 bits per heavy atom. The maximum Gasteiger partial charge on any atom is 0.255 e. The number of amides is 1. The Hall–Kier alpha value is -2.49. The minimum absolute atomic E-state index is 0.115. The number of carbonyl (C=O) groups excluding carboxylic acids is 1. The molecule has 0 heterocycles. The predicted molar refractivity (Wildman–Crippen MR) is 111 cm³/mol. The number of halogens is 1. The smallest absolute Gasteiger partial charge is 0.255 e. The molecule has 158 valence electrons. The van der Waals surface area contributed by atoms with Gasteiger partial charge in [0.2, 0.25) is 10.0 Å². The van der Waals surface area contributed by atoms with E-state index in [0.29, 0.717) is 17.2 Å². The molecule has 0 fully saturated rings. The van der Waals surface area contributed by atoms with Gasteiger partial charge in [-0.15, -0.1) is 0 Å². The predicted octanol–water partition coefficient (Wildman–Crippen LogP) is 3.30. The number of carbonyl (C=O) groups is 1. The van der Waals surface area contributed by atoms with Gasteiger partial charge in [-0.3, -0.25) is 4.79 Å². The Labute approximate surface area is 175 Å². The maximum absolute atomic E-state index is 12.8. The van der Waals surface area contributed by atoms with Crippen LogP contribution in [0.4, 0.5) is 5.69 Å². The summed E-state index contributed by atoms with van der Waals surface area (Å²) in [5.41, 5.74) is 0.424. The molecule has 10 heteroatoms. The molecule has 2 rings (SSSR count). The van der Waals surface area contributed by atoms with Crippen LogP contribution in [0.5, 0.6) is 17.2 Å². The third kappa shape index (κ3) is 5.31. The summed E-state index contributed by atoms with van der Waals surface area (Å²) >= 11 is 6.13. The van der Waals surface area contributed by atoms with Crippen molar-refractivity contribution < 1.29 is 27.4 Å². The minimum atomic E-state index is -3.88. The van der Waals surface area contributed by atoms with Crippen LogP contribution >= 0.6 is 11.6 Å². The molecule has 0 aliphatic rings. The third-order valence-electron chi connectivity index (χ3n) is 3.83. The van der Waals surface area contributed by atoms with Crippen molar-refractivity contribution in [2.45, 2.75) is 24.8 Å². The Morgan fingerprint density at radius 2 is 1.59 bits per heavy atom. The fraction of sp³-hybridized carbons (Fsp3) is 0.316. The summed E-state index contributed by atoms with van der Waals surface area (Å²) in [4.78, 5) is 12.6. The first-order valence-electron chi connectivity index (χ1n) is 8.56. The van der Waals surface area contributed by atoms with E-state index in [1.807, 2.05) is 0 Å². The average Bonchev–Trinajstić information content (AvgIpc) is 2.66. The highest BCUT2D eigenvalue weighted by atomic mass is 35.5. The minimum Gasteiger partial charge on any atom is -0.495 e. The van der Waals surface area contributed by atoms with Crippen molar-refractivity contribution in [1.82, 2.24) is 4.72 Å². The molecule has 0 unspecified atom stereocenters. The normalized spacial score (nSPS) is 11.3. The number of anilines is 1. The summed E-state index contributed by atoms with van der Waals surface area (Å²) in [5, 5.41) is 2.95. The molecule has 1 amide bonds. The van der Waals surface area contributed by atoms with E-state index in [1.54, 1.807) is 13.8 Å². The van der Waals surface area contributed by atoms with Gasteiger partial charge >= 0.3 is 0 Å². The molecule has 0 bridgehead atoms. The van der Waals surface area contributed by atoms with E-state index >= 15 is 0 Å². The van der Waals surface area contributed by atoms with Gasteiger partial charge in [0.15, 0.2) is 0 Å². The van der Waals surface area contributed by atoms with E-state index in [4.69, 9.17) is 25.8 Å². The van der Waals surface area contributed by atoms with Crippen LogP contribution in [0.1, 0.15) is 24.2 Å². The van der Waals surface area contributed by atoms with Crippen molar-refractivity contribution in [2.24, 2.45) is 0 Å². The molecule has 0 aliphatic carbocycles. The lowest BCUT2D eigenvalue weighted by atomic mass is 10.2. The van der Waals surface area contributed by atoms with Crippen LogP contribution < -0.4 is 24.2 Å². The van der Waals surface area contributed by atoms with Crippen molar-refractivity contribution in [1.29, 1.82) is 0 Å². The number of ether oxygens (including phenoxy) is 3. The molecule has 0 radical (unpaired) electrons. The lowest BCUT2D eigenvalue weighted by Crippen LogP contribution is -2.30. The fourth-order valence-electron chi connectivity index (χ4n) is 2.55. The summed E-state index contributed by atoms with van der Waals surface area (Å²) in [6.07, 6.45) is 0. The molecule has 0 aromatic heterocycles. The number of hydrogen-bond acceptors (Lipinski definition) is 6. The highest BCUT2D eigenvalue weighted by molar-refractivity contribution is 7.89. The number of sulfonamides is 1. The first-order chi connectivity index (χ1) is 13.6. The number of rotatable bonds is 8. The zero-order chi connectivity index (χ0) is 21.8. The number of nitrogens with one attached hydrogen (secondary N) is 2. The van der Waals surface area contributed by atoms with E-state index in [9.17, 15) is 13.2 Å². The summed E-state index contributed by atoms with van der Waals surface area (Å²) < 4.78 is 43.2. The Bertz CT molecular complexity index is 1010. The molecule has 0 atom stereocenters. The second-order valence-corrected chi connectivity index (χ2v) is 8.37. The van der Waals surface area contributed by atoms with Crippen molar-refractivity contribution in [2.75, 3.05) is 26.6 Å². The number of methoxy groups -OCH3 is 3. The molecule has 2 N–H and O–H groups in total. The van der Waals surface area contributed by atoms with Gasteiger partial charge in [-0.05, 0) is 38.1 Å². The van der Waals surface area contributed by atoms with Crippen LogP contribution in [-0.2, 0) is 10.0 Å². The van der Waals surface area contributed by atoms with Crippen LogP contribution in [-0.4, -0.2) is 41.7 Å². The van der Waals surface area contributed by atoms with Crippen LogP contribution in [0.3, 0.4) is 0 Å². The second-order valence-electron chi connectivity index (χ2n) is 6.28. The molecular formula is C19H23ClN2O6S. The standard InChI is InChI=1S/C19H23ClN2O6S/c1-11(2)22-29(24,25)18-8-12(6-7-15(18)26-3)19(23)21-14-9-13(20)16(27-4)10-17(14)28-5/h6-11,22H,1-5H3,(H,21,23). The van der Waals surface area contributed by atoms with Crippen molar-refractivity contribution in [3.05, 3.63) is 40.9 Å². The molecule has 0 spiro atoms. The highest BCUT2D eigenvalue weighted by Crippen LogP contribution is 2.36. The molecule has 0 saturated carbocycles. The fourth-order valence-corrected chi connectivity index (χ4v) is 4.24. The SMILES string of the molecule is COc1cc(OC)c(NC(=O)c2ccc(OC)c(S(=O)(=O)NC(C)C)c2)cc1Cl. The molecule has 2 aromatic rings. The van der Waals surface area contributed by atoms with E-state index in [-0.39, 0.29) is 27.3 Å². The Balaban J connectivity index is 2.42. The molecular weight excluding hydrogens is 420 g/mol. The zero-order valence-electron chi connectivity index (χ0n) is 16.7. The second kappa shape index (κ2) is 9.34. The number of hydrogen-bond donors (Lipinski definition) is 2. The van der Waals surface area contributed by atoms with Gasteiger partial charge in [0, 0.05) is 17.7 Å². The summed E-state index contributed by atoms with van der Waals surface area (Å²) in [6.45, 7) is 3.39. The molecule has 0 saturated heterocycles. The Morgan fingerprint density at radius 3 is 2.14 bits per heavy atom. The lowest BCUT2D eigenvalue weighted by Gasteiger charge is -2.15. The monoisotopic (exact) mass is 442 g/mol. The molecule has 29 heavy (non-hydrogen) atoms. The first-order valence-corrected chi connectivity index (χ1v) is 10.4. The van der Waals surface area contributed by atoms with Crippen molar-refractivity contribution >= 4 is 33.2 Å². The van der Waals surface area contributed by atoms with Gasteiger partial charge in [0.05, 0.1) is 32.0 Å². The van der Waals surface area contributed by atoms with E-state index in [2.05, 4.69) is 10.0 Å². The topological polar surface area (TPSA) is 103 Å². The van der Waals surface area contributed by atoms with Crippen LogP contribution in [0.2, 0.25) is 5.02 Å². The van der Waals surface area contributed by atoms with Crippen LogP contribution in [0.25, 0.3) is 0 Å². The zero-order valence-corrected chi connectivity index (χ0v) is 18.3. The van der Waals surface area contributed by atoms with Crippen molar-refractivity contribution in [3.8, 4) is 17.2 Å². The van der Waals surface area contributed by atoms with Gasteiger partial charge in [-0.2, -0.15) is 0 Å².